The Balaban J connectivity index is 2.80. The Bertz CT molecular complexity index is 186. The van der Waals surface area contributed by atoms with Crippen LogP contribution in [-0.4, -0.2) is 39.5 Å². The summed E-state index contributed by atoms with van der Waals surface area (Å²) in [6.45, 7) is 6.85. The summed E-state index contributed by atoms with van der Waals surface area (Å²) in [5.41, 5.74) is -0.296. The van der Waals surface area contributed by atoms with Gasteiger partial charge in [0.1, 0.15) is 25.7 Å². The molecule has 14 heavy (non-hydrogen) atoms. The number of rotatable bonds is 4. The second kappa shape index (κ2) is 4.64. The molecule has 0 bridgehead atoms. The molecule has 3 unspecified atom stereocenters. The molecule has 0 aliphatic carbocycles. The summed E-state index contributed by atoms with van der Waals surface area (Å²) in [6, 6.07) is 0. The molecule has 2 radical (unpaired) electrons. The second-order valence-corrected chi connectivity index (χ2v) is 4.03. The van der Waals surface area contributed by atoms with Gasteiger partial charge in [-0.2, -0.15) is 0 Å². The molecule has 1 fully saturated rings. The lowest BCUT2D eigenvalue weighted by molar-refractivity contribution is -0.0679. The quantitative estimate of drug-likeness (QED) is 0.637. The number of methoxy groups -OCH3 is 1. The predicted octanol–water partition coefficient (Wildman–Crippen LogP) is 1.31. The molecule has 1 heterocycles. The van der Waals surface area contributed by atoms with Gasteiger partial charge < -0.3 is 14.2 Å². The zero-order valence-electron chi connectivity index (χ0n) is 9.45. The number of hydrogen-bond acceptors (Lipinski definition) is 3. The van der Waals surface area contributed by atoms with E-state index in [0.29, 0.717) is 12.5 Å². The molecule has 1 aliphatic rings. The van der Waals surface area contributed by atoms with Gasteiger partial charge in [-0.05, 0) is 12.3 Å². The van der Waals surface area contributed by atoms with Crippen molar-refractivity contribution in [1.82, 2.24) is 0 Å². The topological polar surface area (TPSA) is 27.7 Å². The Morgan fingerprint density at radius 1 is 1.50 bits per heavy atom. The molecule has 0 spiro atoms. The van der Waals surface area contributed by atoms with Gasteiger partial charge in [-0.1, -0.05) is 20.8 Å². The van der Waals surface area contributed by atoms with Crippen LogP contribution in [0.2, 0.25) is 0 Å². The van der Waals surface area contributed by atoms with Crippen LogP contribution in [0.15, 0.2) is 0 Å². The van der Waals surface area contributed by atoms with Crippen LogP contribution >= 0.6 is 0 Å². The van der Waals surface area contributed by atoms with Crippen LogP contribution in [-0.2, 0) is 14.2 Å². The maximum atomic E-state index is 5.70. The van der Waals surface area contributed by atoms with E-state index in [9.17, 15) is 0 Å². The average Bonchev–Trinajstić information content (AvgIpc) is 2.44. The van der Waals surface area contributed by atoms with Crippen molar-refractivity contribution in [3.63, 3.8) is 0 Å². The van der Waals surface area contributed by atoms with Crippen molar-refractivity contribution in [2.75, 3.05) is 13.7 Å². The molecular formula is C10H19BO3. The summed E-state index contributed by atoms with van der Waals surface area (Å²) < 4.78 is 16.3. The van der Waals surface area contributed by atoms with Crippen molar-refractivity contribution in [2.24, 2.45) is 5.92 Å². The first-order chi connectivity index (χ1) is 6.56. The van der Waals surface area contributed by atoms with Crippen molar-refractivity contribution in [3.05, 3.63) is 0 Å². The lowest BCUT2D eigenvalue weighted by Crippen LogP contribution is -2.46. The fraction of sp³-hybridized carbons (Fsp3) is 1.00. The van der Waals surface area contributed by atoms with Gasteiger partial charge in [-0.3, -0.25) is 0 Å². The van der Waals surface area contributed by atoms with Crippen molar-refractivity contribution < 1.29 is 14.2 Å². The Kier molecular flexibility index (Phi) is 3.99. The molecule has 0 aromatic carbocycles. The molecule has 1 rings (SSSR count). The molecule has 3 nitrogen and oxygen atoms in total. The summed E-state index contributed by atoms with van der Waals surface area (Å²) in [5, 5.41) is 0. The Hall–Kier alpha value is -0.0551. The summed E-state index contributed by atoms with van der Waals surface area (Å²) in [4.78, 5) is 0. The maximum absolute atomic E-state index is 5.70. The fourth-order valence-corrected chi connectivity index (χ4v) is 2.16. The first-order valence-corrected chi connectivity index (χ1v) is 5.14. The molecule has 80 valence electrons. The summed E-state index contributed by atoms with van der Waals surface area (Å²) in [5.74, 6) is 0.362. The van der Waals surface area contributed by atoms with E-state index in [1.165, 1.54) is 0 Å². The molecule has 0 aromatic heterocycles. The van der Waals surface area contributed by atoms with Crippen LogP contribution in [0.3, 0.4) is 0 Å². The number of hydrogen-bond donors (Lipinski definition) is 0. The minimum Gasteiger partial charge on any atom is -0.382 e. The summed E-state index contributed by atoms with van der Waals surface area (Å²) >= 11 is 0. The van der Waals surface area contributed by atoms with Gasteiger partial charge in [0.05, 0.1) is 6.61 Å². The van der Waals surface area contributed by atoms with E-state index in [-0.39, 0.29) is 11.7 Å². The predicted molar refractivity (Wildman–Crippen MR) is 55.2 cm³/mol. The van der Waals surface area contributed by atoms with Gasteiger partial charge in [-0.15, -0.1) is 0 Å². The summed E-state index contributed by atoms with van der Waals surface area (Å²) in [6.07, 6.45) is 0.205. The largest absolute Gasteiger partial charge is 0.382 e. The highest BCUT2D eigenvalue weighted by Gasteiger charge is 2.48. The molecule has 1 aliphatic heterocycles. The van der Waals surface area contributed by atoms with E-state index in [2.05, 4.69) is 20.8 Å². The first kappa shape index (κ1) is 12.0. The highest BCUT2D eigenvalue weighted by Crippen LogP contribution is 2.38. The normalized spacial score (nSPS) is 38.1. The van der Waals surface area contributed by atoms with Gasteiger partial charge in [0.2, 0.25) is 0 Å². The van der Waals surface area contributed by atoms with Crippen LogP contribution in [0.5, 0.6) is 0 Å². The van der Waals surface area contributed by atoms with Crippen LogP contribution in [0, 0.1) is 5.92 Å². The molecule has 0 N–H and O–H groups in total. The molecular weight excluding hydrogens is 179 g/mol. The first-order valence-electron chi connectivity index (χ1n) is 5.14. The van der Waals surface area contributed by atoms with Gasteiger partial charge in [0.25, 0.3) is 0 Å². The van der Waals surface area contributed by atoms with E-state index in [4.69, 9.17) is 22.1 Å². The van der Waals surface area contributed by atoms with Gasteiger partial charge >= 0.3 is 0 Å². The second-order valence-electron chi connectivity index (χ2n) is 4.03. The van der Waals surface area contributed by atoms with Crippen molar-refractivity contribution in [2.45, 2.75) is 45.1 Å². The van der Waals surface area contributed by atoms with E-state index in [0.717, 1.165) is 6.42 Å². The van der Waals surface area contributed by atoms with Crippen LogP contribution in [0.1, 0.15) is 27.2 Å². The molecule has 1 saturated heterocycles. The molecule has 4 heteroatoms. The maximum Gasteiger partial charge on any atom is 0.149 e. The van der Waals surface area contributed by atoms with E-state index in [1.54, 1.807) is 7.11 Å². The highest BCUT2D eigenvalue weighted by molar-refractivity contribution is 6.10. The number of ether oxygens (including phenoxy) is 3. The zero-order chi connectivity index (χ0) is 10.8. The third-order valence-corrected chi connectivity index (χ3v) is 3.03. The third-order valence-electron chi connectivity index (χ3n) is 3.03. The van der Waals surface area contributed by atoms with Crippen molar-refractivity contribution in [3.8, 4) is 0 Å². The monoisotopic (exact) mass is 198 g/mol. The highest BCUT2D eigenvalue weighted by atomic mass is 16.7. The van der Waals surface area contributed by atoms with E-state index in [1.807, 2.05) is 0 Å². The van der Waals surface area contributed by atoms with Gasteiger partial charge in [-0.25, -0.2) is 0 Å². The molecule has 0 saturated carbocycles. The van der Waals surface area contributed by atoms with Crippen molar-refractivity contribution in [1.29, 1.82) is 0 Å². The minimum atomic E-state index is -0.613. The Labute approximate surface area is 87.5 Å². The molecule has 3 atom stereocenters. The Morgan fingerprint density at radius 2 is 2.14 bits per heavy atom. The van der Waals surface area contributed by atoms with Crippen molar-refractivity contribution >= 4 is 7.85 Å². The SMILES string of the molecule is [B]C1OC(COC)C(CC)(C(C)C)O1. The third kappa shape index (κ3) is 1.97. The van der Waals surface area contributed by atoms with Gasteiger partial charge in [0.15, 0.2) is 0 Å². The lowest BCUT2D eigenvalue weighted by Gasteiger charge is -2.35. The van der Waals surface area contributed by atoms with Crippen LogP contribution < -0.4 is 0 Å². The van der Waals surface area contributed by atoms with Crippen LogP contribution in [0.4, 0.5) is 0 Å². The standard InChI is InChI=1S/C10H19BO3/c1-5-10(7(2)3)8(6-12-4)13-9(11)14-10/h7-9H,5-6H2,1-4H3. The Morgan fingerprint density at radius 3 is 2.57 bits per heavy atom. The average molecular weight is 198 g/mol. The fourth-order valence-electron chi connectivity index (χ4n) is 2.16. The zero-order valence-corrected chi connectivity index (χ0v) is 9.45. The van der Waals surface area contributed by atoms with E-state index >= 15 is 0 Å². The lowest BCUT2D eigenvalue weighted by atomic mass is 9.83. The molecule has 0 aromatic rings. The smallest absolute Gasteiger partial charge is 0.149 e. The van der Waals surface area contributed by atoms with Crippen LogP contribution in [0.25, 0.3) is 0 Å². The van der Waals surface area contributed by atoms with E-state index < -0.39 is 6.19 Å². The molecule has 0 amide bonds. The minimum absolute atomic E-state index is 0.0625. The van der Waals surface area contributed by atoms with Gasteiger partial charge in [0, 0.05) is 7.11 Å². The summed E-state index contributed by atoms with van der Waals surface area (Å²) in [7, 11) is 7.31.